The molecule has 0 bridgehead atoms. The van der Waals surface area contributed by atoms with Crippen LogP contribution in [0.2, 0.25) is 0 Å². The first-order valence-corrected chi connectivity index (χ1v) is 1.81. The van der Waals surface area contributed by atoms with Gasteiger partial charge in [0.25, 0.3) is 0 Å². The van der Waals surface area contributed by atoms with Gasteiger partial charge in [-0.15, -0.1) is 28.6 Å². The summed E-state index contributed by atoms with van der Waals surface area (Å²) in [5.74, 6) is 0. The largest absolute Gasteiger partial charge is 0.124 e. The Balaban J connectivity index is 0. The van der Waals surface area contributed by atoms with Gasteiger partial charge in [0, 0.05) is 5.38 Å². The van der Waals surface area contributed by atoms with E-state index in [0.29, 0.717) is 5.38 Å². The Morgan fingerprint density at radius 1 is 1.40 bits per heavy atom. The SMILES string of the molecule is Br.CC(C)Cl. The van der Waals surface area contributed by atoms with Crippen LogP contribution in [0.25, 0.3) is 0 Å². The van der Waals surface area contributed by atoms with E-state index in [1.54, 1.807) is 0 Å². The number of hydrogen-bond acceptors (Lipinski definition) is 0. The lowest BCUT2D eigenvalue weighted by Crippen LogP contribution is -1.70. The Kier molecular flexibility index (Phi) is 8.81. The number of hydrogen-bond donors (Lipinski definition) is 0. The van der Waals surface area contributed by atoms with Gasteiger partial charge >= 0.3 is 0 Å². The van der Waals surface area contributed by atoms with Crippen molar-refractivity contribution in [3.05, 3.63) is 0 Å². The van der Waals surface area contributed by atoms with Gasteiger partial charge in [-0.25, -0.2) is 0 Å². The second kappa shape index (κ2) is 4.77. The van der Waals surface area contributed by atoms with Gasteiger partial charge in [0.2, 0.25) is 0 Å². The normalized spacial score (nSPS) is 7.20. The summed E-state index contributed by atoms with van der Waals surface area (Å²) in [5.41, 5.74) is 0. The summed E-state index contributed by atoms with van der Waals surface area (Å²) < 4.78 is 0. The van der Waals surface area contributed by atoms with Crippen molar-refractivity contribution in [2.75, 3.05) is 0 Å². The lowest BCUT2D eigenvalue weighted by molar-refractivity contribution is 1.10. The van der Waals surface area contributed by atoms with Gasteiger partial charge in [-0.2, -0.15) is 0 Å². The van der Waals surface area contributed by atoms with E-state index in [1.165, 1.54) is 0 Å². The van der Waals surface area contributed by atoms with Gasteiger partial charge < -0.3 is 0 Å². The fourth-order valence-corrected chi connectivity index (χ4v) is 0. The smallest absolute Gasteiger partial charge is 0.0279 e. The lowest BCUT2D eigenvalue weighted by Gasteiger charge is -1.76. The van der Waals surface area contributed by atoms with E-state index in [-0.39, 0.29) is 17.0 Å². The number of alkyl halides is 1. The highest BCUT2D eigenvalue weighted by Crippen LogP contribution is 1.84. The first-order valence-electron chi connectivity index (χ1n) is 1.37. The molecule has 34 valence electrons. The lowest BCUT2D eigenvalue weighted by atomic mass is 10.6. The topological polar surface area (TPSA) is 0 Å². The van der Waals surface area contributed by atoms with E-state index in [9.17, 15) is 0 Å². The molecule has 0 atom stereocenters. The van der Waals surface area contributed by atoms with Gasteiger partial charge in [0.15, 0.2) is 0 Å². The Morgan fingerprint density at radius 2 is 1.40 bits per heavy atom. The molecule has 0 saturated heterocycles. The van der Waals surface area contributed by atoms with Crippen molar-refractivity contribution in [3.8, 4) is 0 Å². The summed E-state index contributed by atoms with van der Waals surface area (Å²) in [6.45, 7) is 3.86. The minimum Gasteiger partial charge on any atom is -0.124 e. The first kappa shape index (κ1) is 9.24. The number of rotatable bonds is 0. The van der Waals surface area contributed by atoms with Crippen LogP contribution in [-0.2, 0) is 0 Å². The van der Waals surface area contributed by atoms with Gasteiger partial charge in [-0.3, -0.25) is 0 Å². The molecule has 0 aliphatic heterocycles. The van der Waals surface area contributed by atoms with Crippen LogP contribution in [0.15, 0.2) is 0 Å². The standard InChI is InChI=1S/C3H7Cl.BrH/c1-3(2)4;/h3H,1-2H3;1H. The molecular formula is C3H8BrCl. The summed E-state index contributed by atoms with van der Waals surface area (Å²) >= 11 is 5.27. The molecule has 0 nitrogen and oxygen atoms in total. The van der Waals surface area contributed by atoms with E-state index in [1.807, 2.05) is 13.8 Å². The molecule has 0 heterocycles. The maximum atomic E-state index is 5.27. The molecule has 0 spiro atoms. The molecule has 0 aromatic rings. The zero-order chi connectivity index (χ0) is 3.58. The molecule has 0 aromatic heterocycles. The number of halogens is 2. The van der Waals surface area contributed by atoms with Crippen LogP contribution in [0.4, 0.5) is 0 Å². The maximum Gasteiger partial charge on any atom is 0.0279 e. The summed E-state index contributed by atoms with van der Waals surface area (Å²) in [4.78, 5) is 0. The third-order valence-electron chi connectivity index (χ3n) is 0. The van der Waals surface area contributed by atoms with E-state index >= 15 is 0 Å². The minimum absolute atomic E-state index is 0. The van der Waals surface area contributed by atoms with Crippen LogP contribution in [-0.4, -0.2) is 5.38 Å². The van der Waals surface area contributed by atoms with E-state index in [0.717, 1.165) is 0 Å². The second-order valence-corrected chi connectivity index (χ2v) is 1.89. The van der Waals surface area contributed by atoms with Gasteiger partial charge in [-0.1, -0.05) is 0 Å². The zero-order valence-corrected chi connectivity index (χ0v) is 5.83. The molecule has 2 heteroatoms. The molecular weight excluding hydrogens is 151 g/mol. The van der Waals surface area contributed by atoms with Crippen molar-refractivity contribution in [1.82, 2.24) is 0 Å². The Morgan fingerprint density at radius 3 is 1.40 bits per heavy atom. The van der Waals surface area contributed by atoms with Gasteiger partial charge in [0.1, 0.15) is 0 Å². The molecule has 0 fully saturated rings. The first-order chi connectivity index (χ1) is 1.73. The quantitative estimate of drug-likeness (QED) is 0.476. The molecule has 0 aliphatic carbocycles. The van der Waals surface area contributed by atoms with Crippen LogP contribution in [0.5, 0.6) is 0 Å². The van der Waals surface area contributed by atoms with Crippen molar-refractivity contribution in [2.24, 2.45) is 0 Å². The molecule has 0 aliphatic rings. The van der Waals surface area contributed by atoms with Crippen molar-refractivity contribution >= 4 is 28.6 Å². The van der Waals surface area contributed by atoms with Crippen LogP contribution in [0, 0.1) is 0 Å². The average Bonchev–Trinajstić information content (AvgIpc) is 0.811. The Labute approximate surface area is 48.3 Å². The Bertz CT molecular complexity index is 11.6. The monoisotopic (exact) mass is 158 g/mol. The van der Waals surface area contributed by atoms with Crippen molar-refractivity contribution in [2.45, 2.75) is 19.2 Å². The minimum atomic E-state index is 0. The molecule has 0 saturated carbocycles. The summed E-state index contributed by atoms with van der Waals surface area (Å²) in [7, 11) is 0. The third-order valence-corrected chi connectivity index (χ3v) is 0. The highest BCUT2D eigenvalue weighted by molar-refractivity contribution is 8.93. The van der Waals surface area contributed by atoms with Crippen molar-refractivity contribution in [1.29, 1.82) is 0 Å². The summed E-state index contributed by atoms with van der Waals surface area (Å²) in [5, 5.41) is 0.306. The van der Waals surface area contributed by atoms with Crippen LogP contribution in [0.3, 0.4) is 0 Å². The van der Waals surface area contributed by atoms with E-state index < -0.39 is 0 Å². The predicted molar refractivity (Wildman–Crippen MR) is 31.3 cm³/mol. The predicted octanol–water partition coefficient (Wildman–Crippen LogP) is 2.21. The van der Waals surface area contributed by atoms with Gasteiger partial charge in [-0.05, 0) is 13.8 Å². The molecule has 0 radical (unpaired) electrons. The third kappa shape index (κ3) is 61.7. The molecule has 5 heavy (non-hydrogen) atoms. The van der Waals surface area contributed by atoms with Gasteiger partial charge in [0.05, 0.1) is 0 Å². The maximum absolute atomic E-state index is 5.27. The Hall–Kier alpha value is 0.770. The van der Waals surface area contributed by atoms with Crippen molar-refractivity contribution in [3.63, 3.8) is 0 Å². The van der Waals surface area contributed by atoms with Crippen LogP contribution >= 0.6 is 28.6 Å². The summed E-state index contributed by atoms with van der Waals surface area (Å²) in [6.07, 6.45) is 0. The molecule has 0 unspecified atom stereocenters. The van der Waals surface area contributed by atoms with E-state index in [2.05, 4.69) is 0 Å². The molecule has 0 N–H and O–H groups in total. The summed E-state index contributed by atoms with van der Waals surface area (Å²) in [6, 6.07) is 0. The van der Waals surface area contributed by atoms with Crippen molar-refractivity contribution < 1.29 is 0 Å². The zero-order valence-electron chi connectivity index (χ0n) is 3.36. The second-order valence-electron chi connectivity index (χ2n) is 1.01. The van der Waals surface area contributed by atoms with Crippen LogP contribution < -0.4 is 0 Å². The average molecular weight is 159 g/mol. The molecule has 0 amide bonds. The fourth-order valence-electron chi connectivity index (χ4n) is 0. The fraction of sp³-hybridized carbons (Fsp3) is 1.00. The molecule has 0 rings (SSSR count). The highest BCUT2D eigenvalue weighted by atomic mass is 79.9. The molecule has 0 aromatic carbocycles. The van der Waals surface area contributed by atoms with Crippen LogP contribution in [0.1, 0.15) is 13.8 Å². The highest BCUT2D eigenvalue weighted by Gasteiger charge is 1.71. The van der Waals surface area contributed by atoms with E-state index in [4.69, 9.17) is 11.6 Å².